The monoisotopic (exact) mass is 537 g/mol. The molecule has 3 unspecified atom stereocenters. The van der Waals surface area contributed by atoms with E-state index in [1.807, 2.05) is 41.5 Å². The first-order valence-corrected chi connectivity index (χ1v) is 13.1. The molecule has 0 amide bonds. The van der Waals surface area contributed by atoms with Crippen LogP contribution in [0.1, 0.15) is 79.2 Å². The van der Waals surface area contributed by atoms with Crippen LogP contribution >= 0.6 is 0 Å². The Kier molecular flexibility index (Phi) is 13.8. The van der Waals surface area contributed by atoms with E-state index in [-0.39, 0.29) is 55.3 Å². The molecule has 0 spiro atoms. The van der Waals surface area contributed by atoms with Crippen LogP contribution in [0.4, 0.5) is 4.79 Å². The highest BCUT2D eigenvalue weighted by molar-refractivity contribution is 5.77. The zero-order valence-electron chi connectivity index (χ0n) is 23.5. The molecule has 4 atom stereocenters. The molecular formula is C28H43NO9. The van der Waals surface area contributed by atoms with Crippen molar-refractivity contribution in [2.75, 3.05) is 13.2 Å². The van der Waals surface area contributed by atoms with Gasteiger partial charge in [0.15, 0.2) is 11.5 Å². The van der Waals surface area contributed by atoms with Crippen LogP contribution in [0.3, 0.4) is 0 Å². The van der Waals surface area contributed by atoms with Crippen molar-refractivity contribution < 1.29 is 43.2 Å². The Labute approximate surface area is 225 Å². The maximum absolute atomic E-state index is 12.5. The molecule has 0 saturated carbocycles. The number of carboxylic acids is 1. The van der Waals surface area contributed by atoms with Crippen LogP contribution in [0.2, 0.25) is 0 Å². The molecule has 3 N–H and O–H groups in total. The summed E-state index contributed by atoms with van der Waals surface area (Å²) in [6, 6.07) is 3.09. The van der Waals surface area contributed by atoms with Gasteiger partial charge >= 0.3 is 24.1 Å². The van der Waals surface area contributed by atoms with Gasteiger partial charge in [0.05, 0.1) is 13.2 Å². The normalized spacial score (nSPS) is 14.4. The lowest BCUT2D eigenvalue weighted by Gasteiger charge is -2.28. The van der Waals surface area contributed by atoms with E-state index in [4.69, 9.17) is 24.7 Å². The van der Waals surface area contributed by atoms with Gasteiger partial charge in [-0.2, -0.15) is 0 Å². The summed E-state index contributed by atoms with van der Waals surface area (Å²) in [5.41, 5.74) is 6.46. The van der Waals surface area contributed by atoms with Gasteiger partial charge in [-0.25, -0.2) is 4.79 Å². The van der Waals surface area contributed by atoms with Gasteiger partial charge < -0.3 is 29.8 Å². The van der Waals surface area contributed by atoms with Gasteiger partial charge in [-0.05, 0) is 41.4 Å². The molecular weight excluding hydrogens is 494 g/mol. The molecule has 10 heteroatoms. The van der Waals surface area contributed by atoms with E-state index in [0.717, 1.165) is 6.42 Å². The Balaban J connectivity index is 3.27. The van der Waals surface area contributed by atoms with Crippen LogP contribution < -0.4 is 15.2 Å². The summed E-state index contributed by atoms with van der Waals surface area (Å²) in [5, 5.41) is 9.67. The Morgan fingerprint density at radius 1 is 0.842 bits per heavy atom. The Bertz CT molecular complexity index is 944. The number of hydrogen-bond donors (Lipinski definition) is 2. The van der Waals surface area contributed by atoms with Crippen molar-refractivity contribution in [2.24, 2.45) is 29.4 Å². The zero-order valence-corrected chi connectivity index (χ0v) is 23.5. The summed E-state index contributed by atoms with van der Waals surface area (Å²) in [6.07, 6.45) is 0.279. The summed E-state index contributed by atoms with van der Waals surface area (Å²) in [4.78, 5) is 48.6. The molecule has 38 heavy (non-hydrogen) atoms. The lowest BCUT2D eigenvalue weighted by molar-refractivity contribution is -0.139. The number of benzene rings is 1. The molecule has 0 bridgehead atoms. The second-order valence-corrected chi connectivity index (χ2v) is 10.6. The third kappa shape index (κ3) is 11.5. The van der Waals surface area contributed by atoms with Crippen LogP contribution in [-0.2, 0) is 23.9 Å². The minimum Gasteiger partial charge on any atom is -0.480 e. The van der Waals surface area contributed by atoms with Gasteiger partial charge in [0, 0.05) is 18.8 Å². The van der Waals surface area contributed by atoms with Crippen molar-refractivity contribution in [1.29, 1.82) is 0 Å². The highest BCUT2D eigenvalue weighted by Gasteiger charge is 2.33. The molecule has 0 aromatic heterocycles. The van der Waals surface area contributed by atoms with Crippen molar-refractivity contribution in [2.45, 2.75) is 79.7 Å². The van der Waals surface area contributed by atoms with Gasteiger partial charge in [0.25, 0.3) is 0 Å². The number of carboxylic acid groups (broad SMARTS) is 1. The van der Waals surface area contributed by atoms with Gasteiger partial charge in [-0.3, -0.25) is 14.4 Å². The first kappa shape index (κ1) is 32.9. The number of aliphatic carboxylic acids is 1. The maximum Gasteiger partial charge on any atom is 0.508 e. The molecule has 1 aromatic carbocycles. The van der Waals surface area contributed by atoms with E-state index >= 15 is 0 Å². The molecule has 0 aliphatic rings. The lowest BCUT2D eigenvalue weighted by atomic mass is 9.82. The van der Waals surface area contributed by atoms with Gasteiger partial charge in [0.1, 0.15) is 6.04 Å². The van der Waals surface area contributed by atoms with E-state index in [1.54, 1.807) is 13.0 Å². The van der Waals surface area contributed by atoms with Crippen molar-refractivity contribution in [3.8, 4) is 11.5 Å². The van der Waals surface area contributed by atoms with Crippen molar-refractivity contribution in [1.82, 2.24) is 0 Å². The van der Waals surface area contributed by atoms with Crippen LogP contribution in [0, 0.1) is 23.7 Å². The Morgan fingerprint density at radius 2 is 1.37 bits per heavy atom. The molecule has 0 aliphatic heterocycles. The lowest BCUT2D eigenvalue weighted by Crippen LogP contribution is -2.40. The number of hydrogen-bond acceptors (Lipinski definition) is 9. The average Bonchev–Trinajstić information content (AvgIpc) is 2.81. The standard InChI is InChI=1S/C28H43NO9/c1-8-18(6)14-35-28(34)36-15-19(7)25(26(29)27(32)33)20-9-10-21(37-23(30)11-16(2)3)22(13-20)38-24(31)12-17(4)5/h9-10,13,16-19,25-26H,8,11-12,14-15,29H2,1-7H3,(H,32,33)/t18?,19?,25?,26-/m0/s1. The van der Waals surface area contributed by atoms with Gasteiger partial charge in [-0.15, -0.1) is 0 Å². The van der Waals surface area contributed by atoms with Crippen molar-refractivity contribution in [3.63, 3.8) is 0 Å². The average molecular weight is 538 g/mol. The molecule has 214 valence electrons. The largest absolute Gasteiger partial charge is 0.508 e. The molecule has 0 fully saturated rings. The summed E-state index contributed by atoms with van der Waals surface area (Å²) in [5.74, 6) is -3.38. The Hall–Kier alpha value is -3.14. The first-order valence-electron chi connectivity index (χ1n) is 13.1. The maximum atomic E-state index is 12.5. The summed E-state index contributed by atoms with van der Waals surface area (Å²) < 4.78 is 21.3. The van der Waals surface area contributed by atoms with Crippen LogP contribution in [0.25, 0.3) is 0 Å². The van der Waals surface area contributed by atoms with Gasteiger partial charge in [0.2, 0.25) is 0 Å². The fourth-order valence-corrected chi connectivity index (χ4v) is 3.61. The molecule has 1 rings (SSSR count). The molecule has 0 radical (unpaired) electrons. The SMILES string of the molecule is CCC(C)COC(=O)OCC(C)C(c1ccc(OC(=O)CC(C)C)c(OC(=O)CC(C)C)c1)[C@H](N)C(=O)O. The van der Waals surface area contributed by atoms with E-state index in [2.05, 4.69) is 0 Å². The molecule has 0 heterocycles. The minimum atomic E-state index is -1.36. The number of carbonyl (C=O) groups excluding carboxylic acids is 3. The number of carbonyl (C=O) groups is 4. The molecule has 0 saturated heterocycles. The van der Waals surface area contributed by atoms with Crippen molar-refractivity contribution >= 4 is 24.1 Å². The van der Waals surface area contributed by atoms with Crippen LogP contribution in [0.5, 0.6) is 11.5 Å². The van der Waals surface area contributed by atoms with Crippen LogP contribution in [0.15, 0.2) is 18.2 Å². The third-order valence-corrected chi connectivity index (χ3v) is 5.88. The predicted molar refractivity (Wildman–Crippen MR) is 141 cm³/mol. The fourth-order valence-electron chi connectivity index (χ4n) is 3.61. The zero-order chi connectivity index (χ0) is 29.0. The fraction of sp³-hybridized carbons (Fsp3) is 0.643. The quantitative estimate of drug-likeness (QED) is 0.233. The number of nitrogens with two attached hydrogens (primary N) is 1. The molecule has 0 aliphatic carbocycles. The summed E-state index contributed by atoms with van der Waals surface area (Å²) >= 11 is 0. The number of rotatable bonds is 15. The minimum absolute atomic E-state index is 0.0195. The smallest absolute Gasteiger partial charge is 0.480 e. The molecule has 10 nitrogen and oxygen atoms in total. The molecule has 1 aromatic rings. The van der Waals surface area contributed by atoms with E-state index in [1.165, 1.54) is 12.1 Å². The first-order chi connectivity index (χ1) is 17.7. The van der Waals surface area contributed by atoms with E-state index in [9.17, 15) is 24.3 Å². The Morgan fingerprint density at radius 3 is 1.87 bits per heavy atom. The third-order valence-electron chi connectivity index (χ3n) is 5.88. The summed E-state index contributed by atoms with van der Waals surface area (Å²) in [6.45, 7) is 13.1. The van der Waals surface area contributed by atoms with Crippen LogP contribution in [-0.4, -0.2) is 48.4 Å². The van der Waals surface area contributed by atoms with Gasteiger partial charge in [-0.1, -0.05) is 61.0 Å². The number of esters is 2. The predicted octanol–water partition coefficient (Wildman–Crippen LogP) is 4.92. The summed E-state index contributed by atoms with van der Waals surface area (Å²) in [7, 11) is 0. The van der Waals surface area contributed by atoms with E-state index < -0.39 is 41.9 Å². The topological polar surface area (TPSA) is 151 Å². The second-order valence-electron chi connectivity index (χ2n) is 10.6. The van der Waals surface area contributed by atoms with Crippen molar-refractivity contribution in [3.05, 3.63) is 23.8 Å². The highest BCUT2D eigenvalue weighted by Crippen LogP contribution is 2.36. The second kappa shape index (κ2) is 16.0. The highest BCUT2D eigenvalue weighted by atomic mass is 16.7. The van der Waals surface area contributed by atoms with E-state index in [0.29, 0.717) is 5.56 Å². The number of ether oxygens (including phenoxy) is 4.